The Labute approximate surface area is 177 Å². The highest BCUT2D eigenvalue weighted by Gasteiger charge is 2.34. The van der Waals surface area contributed by atoms with Gasteiger partial charge in [0.25, 0.3) is 5.91 Å². The van der Waals surface area contributed by atoms with Crippen molar-refractivity contribution in [2.75, 3.05) is 23.7 Å². The number of allylic oxidation sites excluding steroid dienone is 1. The summed E-state index contributed by atoms with van der Waals surface area (Å²) in [6.45, 7) is 0.167. The van der Waals surface area contributed by atoms with Crippen molar-refractivity contribution in [2.45, 2.75) is 38.3 Å². The maximum atomic E-state index is 13.5. The fourth-order valence-corrected chi connectivity index (χ4v) is 3.34. The third-order valence-corrected chi connectivity index (χ3v) is 4.96. The average molecular weight is 435 g/mol. The highest BCUT2D eigenvalue weighted by molar-refractivity contribution is 6.04. The molecule has 9 heteroatoms. The molecule has 166 valence electrons. The lowest BCUT2D eigenvalue weighted by Crippen LogP contribution is -2.31. The summed E-state index contributed by atoms with van der Waals surface area (Å²) in [7, 11) is 0. The van der Waals surface area contributed by atoms with E-state index in [0.717, 1.165) is 31.7 Å². The molecule has 2 amide bonds. The molecule has 1 aliphatic rings. The van der Waals surface area contributed by atoms with Crippen LogP contribution in [0.2, 0.25) is 0 Å². The number of carbonyl (C=O) groups excluding carboxylic acids is 2. The largest absolute Gasteiger partial charge is 0.472 e. The number of hydrogen-bond donors (Lipinski definition) is 3. The summed E-state index contributed by atoms with van der Waals surface area (Å²) < 4.78 is 45.3. The second-order valence-corrected chi connectivity index (χ2v) is 7.29. The standard InChI is InChI=1S/C22H24F3N3O3/c23-22(24,25)18-12-17(28-21(30)16-9-11-31-14-16)6-7-19(18)27-13-20(29)26-10-8-15-4-2-1-3-5-15/h4,6-7,9,11-12,14,27H,1-3,5,8,10,13H2,(H,26,29)(H,28,30). The van der Waals surface area contributed by atoms with Gasteiger partial charge in [-0.05, 0) is 56.4 Å². The van der Waals surface area contributed by atoms with Gasteiger partial charge in [0.1, 0.15) is 6.26 Å². The number of amides is 2. The number of hydrogen-bond acceptors (Lipinski definition) is 4. The normalized spacial score (nSPS) is 14.0. The lowest BCUT2D eigenvalue weighted by Gasteiger charge is -2.17. The van der Waals surface area contributed by atoms with Crippen LogP contribution in [0.5, 0.6) is 0 Å². The lowest BCUT2D eigenvalue weighted by molar-refractivity contribution is -0.137. The second-order valence-electron chi connectivity index (χ2n) is 7.29. The molecule has 0 radical (unpaired) electrons. The molecular weight excluding hydrogens is 411 g/mol. The van der Waals surface area contributed by atoms with Crippen LogP contribution in [-0.2, 0) is 11.0 Å². The first-order valence-electron chi connectivity index (χ1n) is 10.1. The minimum Gasteiger partial charge on any atom is -0.472 e. The maximum Gasteiger partial charge on any atom is 0.418 e. The van der Waals surface area contributed by atoms with Crippen molar-refractivity contribution in [1.29, 1.82) is 0 Å². The zero-order valence-corrected chi connectivity index (χ0v) is 16.8. The molecule has 1 heterocycles. The van der Waals surface area contributed by atoms with Gasteiger partial charge in [-0.25, -0.2) is 0 Å². The van der Waals surface area contributed by atoms with Crippen molar-refractivity contribution in [3.8, 4) is 0 Å². The van der Waals surface area contributed by atoms with Gasteiger partial charge in [-0.3, -0.25) is 9.59 Å². The molecule has 1 aromatic heterocycles. The fourth-order valence-electron chi connectivity index (χ4n) is 3.34. The molecule has 3 rings (SSSR count). The van der Waals surface area contributed by atoms with Crippen LogP contribution in [0.25, 0.3) is 0 Å². The zero-order chi connectivity index (χ0) is 22.3. The van der Waals surface area contributed by atoms with Gasteiger partial charge >= 0.3 is 6.18 Å². The van der Waals surface area contributed by atoms with Gasteiger partial charge in [0.05, 0.1) is 23.9 Å². The van der Waals surface area contributed by atoms with E-state index in [1.165, 1.54) is 42.7 Å². The Morgan fingerprint density at radius 2 is 1.97 bits per heavy atom. The molecule has 0 saturated carbocycles. The van der Waals surface area contributed by atoms with Crippen LogP contribution in [-0.4, -0.2) is 24.9 Å². The van der Waals surface area contributed by atoms with E-state index in [-0.39, 0.29) is 29.4 Å². The van der Waals surface area contributed by atoms with Gasteiger partial charge in [0.15, 0.2) is 0 Å². The molecule has 31 heavy (non-hydrogen) atoms. The third-order valence-electron chi connectivity index (χ3n) is 4.96. The molecule has 0 unspecified atom stereocenters. The number of furan rings is 1. The van der Waals surface area contributed by atoms with Gasteiger partial charge in [-0.15, -0.1) is 0 Å². The third kappa shape index (κ3) is 6.63. The van der Waals surface area contributed by atoms with Crippen LogP contribution in [0.15, 0.2) is 52.9 Å². The molecule has 0 aliphatic heterocycles. The smallest absolute Gasteiger partial charge is 0.418 e. The van der Waals surface area contributed by atoms with E-state index < -0.39 is 17.6 Å². The number of nitrogens with one attached hydrogen (secondary N) is 3. The minimum absolute atomic E-state index is 0.0192. The van der Waals surface area contributed by atoms with E-state index in [1.807, 2.05) is 0 Å². The molecular formula is C22H24F3N3O3. The topological polar surface area (TPSA) is 83.4 Å². The Bertz CT molecular complexity index is 937. The maximum absolute atomic E-state index is 13.5. The molecule has 0 fully saturated rings. The molecule has 0 bridgehead atoms. The van der Waals surface area contributed by atoms with E-state index in [2.05, 4.69) is 22.0 Å². The van der Waals surface area contributed by atoms with Crippen LogP contribution < -0.4 is 16.0 Å². The highest BCUT2D eigenvalue weighted by atomic mass is 19.4. The van der Waals surface area contributed by atoms with Gasteiger partial charge in [0, 0.05) is 17.9 Å². The first-order valence-corrected chi connectivity index (χ1v) is 10.1. The summed E-state index contributed by atoms with van der Waals surface area (Å²) in [5.74, 6) is -0.975. The number of rotatable bonds is 8. The second kappa shape index (κ2) is 10.2. The van der Waals surface area contributed by atoms with Crippen LogP contribution in [0.3, 0.4) is 0 Å². The van der Waals surface area contributed by atoms with Crippen molar-refractivity contribution in [1.82, 2.24) is 5.32 Å². The van der Waals surface area contributed by atoms with E-state index in [4.69, 9.17) is 4.42 Å². The predicted octanol–water partition coefficient (Wildman–Crippen LogP) is 4.97. The van der Waals surface area contributed by atoms with Crippen molar-refractivity contribution < 1.29 is 27.2 Å². The predicted molar refractivity (Wildman–Crippen MR) is 111 cm³/mol. The summed E-state index contributed by atoms with van der Waals surface area (Å²) >= 11 is 0. The van der Waals surface area contributed by atoms with Crippen molar-refractivity contribution in [2.24, 2.45) is 0 Å². The van der Waals surface area contributed by atoms with E-state index in [1.54, 1.807) is 0 Å². The monoisotopic (exact) mass is 435 g/mol. The number of halogens is 3. The van der Waals surface area contributed by atoms with Gasteiger partial charge in [0.2, 0.25) is 5.91 Å². The highest BCUT2D eigenvalue weighted by Crippen LogP contribution is 2.36. The SMILES string of the molecule is O=C(CNc1ccc(NC(=O)c2ccoc2)cc1C(F)(F)F)NCCC1=CCCCC1. The molecule has 2 aromatic rings. The van der Waals surface area contributed by atoms with Crippen LogP contribution in [0, 0.1) is 0 Å². The molecule has 0 atom stereocenters. The Kier molecular flexibility index (Phi) is 7.38. The summed E-state index contributed by atoms with van der Waals surface area (Å²) in [5, 5.41) is 7.66. The first-order chi connectivity index (χ1) is 14.8. The summed E-state index contributed by atoms with van der Waals surface area (Å²) in [6, 6.07) is 4.75. The number of carbonyl (C=O) groups is 2. The van der Waals surface area contributed by atoms with Crippen LogP contribution in [0.1, 0.15) is 48.0 Å². The molecule has 0 spiro atoms. The Morgan fingerprint density at radius 1 is 1.13 bits per heavy atom. The van der Waals surface area contributed by atoms with E-state index in [0.29, 0.717) is 6.54 Å². The first kappa shape index (κ1) is 22.5. The quantitative estimate of drug-likeness (QED) is 0.512. The Morgan fingerprint density at radius 3 is 2.65 bits per heavy atom. The fraction of sp³-hybridized carbons (Fsp3) is 0.364. The molecule has 3 N–H and O–H groups in total. The average Bonchev–Trinajstić information content (AvgIpc) is 3.28. The number of alkyl halides is 3. The zero-order valence-electron chi connectivity index (χ0n) is 16.8. The molecule has 6 nitrogen and oxygen atoms in total. The number of benzene rings is 1. The van der Waals surface area contributed by atoms with Crippen LogP contribution in [0.4, 0.5) is 24.5 Å². The van der Waals surface area contributed by atoms with Crippen molar-refractivity contribution in [3.05, 3.63) is 59.6 Å². The van der Waals surface area contributed by atoms with Gasteiger partial charge < -0.3 is 20.4 Å². The van der Waals surface area contributed by atoms with Crippen molar-refractivity contribution in [3.63, 3.8) is 0 Å². The minimum atomic E-state index is -4.66. The van der Waals surface area contributed by atoms with Crippen molar-refractivity contribution >= 4 is 23.2 Å². The van der Waals surface area contributed by atoms with Gasteiger partial charge in [-0.2, -0.15) is 13.2 Å². The van der Waals surface area contributed by atoms with Crippen LogP contribution >= 0.6 is 0 Å². The molecule has 1 aliphatic carbocycles. The van der Waals surface area contributed by atoms with E-state index >= 15 is 0 Å². The van der Waals surface area contributed by atoms with Gasteiger partial charge in [-0.1, -0.05) is 11.6 Å². The Balaban J connectivity index is 1.57. The summed E-state index contributed by atoms with van der Waals surface area (Å²) in [6.07, 6.45) is 5.20. The number of anilines is 2. The summed E-state index contributed by atoms with van der Waals surface area (Å²) in [5.41, 5.74) is 0.272. The lowest BCUT2D eigenvalue weighted by atomic mass is 9.97. The molecule has 0 saturated heterocycles. The molecule has 1 aromatic carbocycles. The summed E-state index contributed by atoms with van der Waals surface area (Å²) in [4.78, 5) is 24.0. The van der Waals surface area contributed by atoms with E-state index in [9.17, 15) is 22.8 Å². The Hall–Kier alpha value is -3.23.